The number of hydrogen-bond donors (Lipinski definition) is 1. The molecule has 0 saturated carbocycles. The van der Waals surface area contributed by atoms with Gasteiger partial charge in [-0.15, -0.1) is 0 Å². The second-order valence-electron chi connectivity index (χ2n) is 5.07. The number of rotatable bonds is 8. The van der Waals surface area contributed by atoms with Gasteiger partial charge >= 0.3 is 5.97 Å². The third-order valence-electron chi connectivity index (χ3n) is 3.32. The molecular formula is C18H20O5. The summed E-state index contributed by atoms with van der Waals surface area (Å²) in [5, 5.41) is 9.25. The van der Waals surface area contributed by atoms with Crippen molar-refractivity contribution in [3.63, 3.8) is 0 Å². The second-order valence-corrected chi connectivity index (χ2v) is 5.07. The molecule has 0 aliphatic carbocycles. The van der Waals surface area contributed by atoms with Crippen LogP contribution in [-0.4, -0.2) is 25.3 Å². The molecule has 0 spiro atoms. The van der Waals surface area contributed by atoms with Crippen LogP contribution in [0, 0.1) is 0 Å². The molecule has 0 aliphatic rings. The Balaban J connectivity index is 2.35. The topological polar surface area (TPSA) is 65.0 Å². The zero-order valence-corrected chi connectivity index (χ0v) is 13.2. The van der Waals surface area contributed by atoms with Crippen LogP contribution in [0.3, 0.4) is 0 Å². The van der Waals surface area contributed by atoms with E-state index >= 15 is 0 Å². The van der Waals surface area contributed by atoms with Crippen molar-refractivity contribution in [3.05, 3.63) is 64.7 Å². The maximum absolute atomic E-state index is 11.3. The van der Waals surface area contributed by atoms with Gasteiger partial charge in [0.05, 0.1) is 18.8 Å². The molecule has 0 unspecified atom stereocenters. The van der Waals surface area contributed by atoms with Gasteiger partial charge in [-0.2, -0.15) is 0 Å². The van der Waals surface area contributed by atoms with Crippen molar-refractivity contribution in [1.29, 1.82) is 0 Å². The van der Waals surface area contributed by atoms with E-state index in [2.05, 4.69) is 0 Å². The van der Waals surface area contributed by atoms with Gasteiger partial charge in [0.25, 0.3) is 0 Å². The quantitative estimate of drug-likeness (QED) is 0.810. The molecule has 5 nitrogen and oxygen atoms in total. The Morgan fingerprint density at radius 2 is 1.52 bits per heavy atom. The first-order valence-electron chi connectivity index (χ1n) is 7.19. The SMILES string of the molecule is COCc1cc(C(=O)O)cc(COC)c1OCc1ccccc1. The maximum atomic E-state index is 11.3. The number of benzene rings is 2. The molecule has 2 aromatic rings. The Morgan fingerprint density at radius 3 is 2.00 bits per heavy atom. The van der Waals surface area contributed by atoms with Crippen LogP contribution >= 0.6 is 0 Å². The van der Waals surface area contributed by atoms with Crippen LogP contribution in [0.5, 0.6) is 5.75 Å². The van der Waals surface area contributed by atoms with Gasteiger partial charge in [-0.05, 0) is 17.7 Å². The van der Waals surface area contributed by atoms with Crippen molar-refractivity contribution < 1.29 is 24.1 Å². The Morgan fingerprint density at radius 1 is 0.957 bits per heavy atom. The van der Waals surface area contributed by atoms with E-state index in [-0.39, 0.29) is 18.8 Å². The molecule has 1 N–H and O–H groups in total. The highest BCUT2D eigenvalue weighted by molar-refractivity contribution is 5.88. The number of carboxylic acid groups (broad SMARTS) is 1. The van der Waals surface area contributed by atoms with Gasteiger partial charge in [0.1, 0.15) is 12.4 Å². The van der Waals surface area contributed by atoms with E-state index in [4.69, 9.17) is 14.2 Å². The van der Waals surface area contributed by atoms with Crippen LogP contribution in [0.25, 0.3) is 0 Å². The summed E-state index contributed by atoms with van der Waals surface area (Å²) in [6.45, 7) is 0.921. The number of carboxylic acids is 1. The number of carbonyl (C=O) groups is 1. The van der Waals surface area contributed by atoms with Crippen molar-refractivity contribution >= 4 is 5.97 Å². The van der Waals surface area contributed by atoms with Gasteiger partial charge in [0.15, 0.2) is 0 Å². The van der Waals surface area contributed by atoms with E-state index in [1.165, 1.54) is 0 Å². The van der Waals surface area contributed by atoms with Crippen molar-refractivity contribution in [3.8, 4) is 5.75 Å². The minimum atomic E-state index is -0.991. The maximum Gasteiger partial charge on any atom is 0.335 e. The third-order valence-corrected chi connectivity index (χ3v) is 3.32. The summed E-state index contributed by atoms with van der Waals surface area (Å²) in [7, 11) is 3.12. The van der Waals surface area contributed by atoms with Gasteiger partial charge in [-0.3, -0.25) is 0 Å². The summed E-state index contributed by atoms with van der Waals surface area (Å²) < 4.78 is 16.3. The predicted molar refractivity (Wildman–Crippen MR) is 85.6 cm³/mol. The number of ether oxygens (including phenoxy) is 3. The number of aromatic carboxylic acids is 1. The summed E-state index contributed by atoms with van der Waals surface area (Å²) in [6.07, 6.45) is 0. The minimum absolute atomic E-state index is 0.191. The van der Waals surface area contributed by atoms with E-state index < -0.39 is 5.97 Å². The third kappa shape index (κ3) is 4.55. The summed E-state index contributed by atoms with van der Waals surface area (Å²) >= 11 is 0. The second kappa shape index (κ2) is 8.31. The lowest BCUT2D eigenvalue weighted by Crippen LogP contribution is -2.07. The van der Waals surface area contributed by atoms with E-state index in [1.54, 1.807) is 26.4 Å². The molecule has 0 aromatic heterocycles. The molecule has 0 atom stereocenters. The molecule has 0 bridgehead atoms. The van der Waals surface area contributed by atoms with Crippen LogP contribution < -0.4 is 4.74 Å². The minimum Gasteiger partial charge on any atom is -0.488 e. The lowest BCUT2D eigenvalue weighted by atomic mass is 10.0. The molecule has 2 rings (SSSR count). The van der Waals surface area contributed by atoms with E-state index in [0.717, 1.165) is 5.56 Å². The molecule has 2 aromatic carbocycles. The zero-order chi connectivity index (χ0) is 16.7. The average molecular weight is 316 g/mol. The Bertz CT molecular complexity index is 625. The fraction of sp³-hybridized carbons (Fsp3) is 0.278. The first-order chi connectivity index (χ1) is 11.2. The first kappa shape index (κ1) is 17.0. The van der Waals surface area contributed by atoms with Crippen LogP contribution in [0.2, 0.25) is 0 Å². The molecule has 0 aliphatic heterocycles. The highest BCUT2D eigenvalue weighted by atomic mass is 16.5. The fourth-order valence-corrected chi connectivity index (χ4v) is 2.32. The molecule has 0 fully saturated rings. The molecule has 23 heavy (non-hydrogen) atoms. The average Bonchev–Trinajstić information content (AvgIpc) is 2.55. The Hall–Kier alpha value is -2.37. The Labute approximate surface area is 135 Å². The van der Waals surface area contributed by atoms with Crippen LogP contribution in [0.15, 0.2) is 42.5 Å². The van der Waals surface area contributed by atoms with Crippen LogP contribution in [-0.2, 0) is 29.3 Å². The van der Waals surface area contributed by atoms with Crippen molar-refractivity contribution in [2.45, 2.75) is 19.8 Å². The van der Waals surface area contributed by atoms with Gasteiger partial charge in [0, 0.05) is 25.3 Å². The zero-order valence-electron chi connectivity index (χ0n) is 13.2. The lowest BCUT2D eigenvalue weighted by molar-refractivity contribution is 0.0696. The monoisotopic (exact) mass is 316 g/mol. The molecule has 0 heterocycles. The van der Waals surface area contributed by atoms with Crippen molar-refractivity contribution in [1.82, 2.24) is 0 Å². The summed E-state index contributed by atoms with van der Waals surface area (Å²) in [4.78, 5) is 11.3. The van der Waals surface area contributed by atoms with Gasteiger partial charge in [-0.1, -0.05) is 30.3 Å². The molecule has 0 saturated heterocycles. The van der Waals surface area contributed by atoms with Gasteiger partial charge < -0.3 is 19.3 Å². The molecule has 122 valence electrons. The number of methoxy groups -OCH3 is 2. The van der Waals surface area contributed by atoms with E-state index in [9.17, 15) is 9.90 Å². The summed E-state index contributed by atoms with van der Waals surface area (Å²) in [5.74, 6) is -0.378. The smallest absolute Gasteiger partial charge is 0.335 e. The lowest BCUT2D eigenvalue weighted by Gasteiger charge is -2.17. The highest BCUT2D eigenvalue weighted by Gasteiger charge is 2.16. The predicted octanol–water partition coefficient (Wildman–Crippen LogP) is 3.26. The van der Waals surface area contributed by atoms with Crippen LogP contribution in [0.1, 0.15) is 27.0 Å². The molecular weight excluding hydrogens is 296 g/mol. The van der Waals surface area contributed by atoms with Crippen molar-refractivity contribution in [2.75, 3.05) is 14.2 Å². The summed E-state index contributed by atoms with van der Waals surface area (Å²) in [5.41, 5.74) is 2.60. The standard InChI is InChI=1S/C18H20O5/c1-21-11-15-8-14(18(19)20)9-16(12-22-2)17(15)23-10-13-6-4-3-5-7-13/h3-9H,10-12H2,1-2H3,(H,19,20). The highest BCUT2D eigenvalue weighted by Crippen LogP contribution is 2.29. The van der Waals surface area contributed by atoms with Gasteiger partial charge in [-0.25, -0.2) is 4.79 Å². The summed E-state index contributed by atoms with van der Waals surface area (Å²) in [6, 6.07) is 12.9. The van der Waals surface area contributed by atoms with Crippen LogP contribution in [0.4, 0.5) is 0 Å². The molecule has 5 heteroatoms. The largest absolute Gasteiger partial charge is 0.488 e. The first-order valence-corrected chi connectivity index (χ1v) is 7.19. The normalized spacial score (nSPS) is 10.5. The van der Waals surface area contributed by atoms with E-state index in [1.807, 2.05) is 30.3 Å². The van der Waals surface area contributed by atoms with Gasteiger partial charge in [0.2, 0.25) is 0 Å². The van der Waals surface area contributed by atoms with E-state index in [0.29, 0.717) is 23.5 Å². The Kier molecular flexibility index (Phi) is 6.14. The fourth-order valence-electron chi connectivity index (χ4n) is 2.32. The molecule has 0 amide bonds. The van der Waals surface area contributed by atoms with Crippen molar-refractivity contribution in [2.24, 2.45) is 0 Å². The molecule has 0 radical (unpaired) electrons. The number of hydrogen-bond acceptors (Lipinski definition) is 4.